The quantitative estimate of drug-likeness (QED) is 0.874. The molecule has 0 aromatic heterocycles. The smallest absolute Gasteiger partial charge is 0.303 e. The number of carbonyl (C=O) groups is 1. The van der Waals surface area contributed by atoms with Crippen LogP contribution in [0.5, 0.6) is 0 Å². The van der Waals surface area contributed by atoms with E-state index < -0.39 is 5.97 Å². The predicted octanol–water partition coefficient (Wildman–Crippen LogP) is 3.19. The molecule has 0 atom stereocenters. The molecule has 2 aromatic carbocycles. The van der Waals surface area contributed by atoms with Crippen LogP contribution in [0.25, 0.3) is 0 Å². The largest absolute Gasteiger partial charge is 0.481 e. The molecule has 0 aliphatic carbocycles. The highest BCUT2D eigenvalue weighted by atomic mass is 16.4. The molecule has 2 heteroatoms. The Bertz CT molecular complexity index is 383. The van der Waals surface area contributed by atoms with Gasteiger partial charge in [-0.2, -0.15) is 0 Å². The molecule has 1 radical (unpaired) electrons. The fourth-order valence-electron chi connectivity index (χ4n) is 1.24. The molecule has 87 valence electrons. The lowest BCUT2D eigenvalue weighted by Crippen LogP contribution is -1.96. The standard InChI is InChI=1S/C9H10O2.C6H5/c10-9(11)7-6-8-4-2-1-3-5-8;1-2-4-6-5-3-1/h1-5H,6-7H2,(H,10,11);1-5H. The molecule has 2 nitrogen and oxygen atoms in total. The van der Waals surface area contributed by atoms with Crippen molar-refractivity contribution in [2.75, 3.05) is 0 Å². The molecule has 0 heterocycles. The number of carboxylic acids is 1. The van der Waals surface area contributed by atoms with Gasteiger partial charge >= 0.3 is 5.97 Å². The highest BCUT2D eigenvalue weighted by Gasteiger charge is 1.96. The highest BCUT2D eigenvalue weighted by Crippen LogP contribution is 2.01. The first-order valence-corrected chi connectivity index (χ1v) is 5.46. The van der Waals surface area contributed by atoms with Crippen molar-refractivity contribution in [3.63, 3.8) is 0 Å². The van der Waals surface area contributed by atoms with Gasteiger partial charge in [0.1, 0.15) is 0 Å². The Hall–Kier alpha value is -2.09. The van der Waals surface area contributed by atoms with Gasteiger partial charge in [0.05, 0.1) is 0 Å². The van der Waals surface area contributed by atoms with Crippen molar-refractivity contribution in [2.45, 2.75) is 12.8 Å². The highest BCUT2D eigenvalue weighted by molar-refractivity contribution is 5.67. The molecule has 17 heavy (non-hydrogen) atoms. The van der Waals surface area contributed by atoms with Gasteiger partial charge in [-0.15, -0.1) is 0 Å². The van der Waals surface area contributed by atoms with Crippen molar-refractivity contribution in [1.29, 1.82) is 0 Å². The molecule has 1 N–H and O–H groups in total. The van der Waals surface area contributed by atoms with Crippen molar-refractivity contribution in [1.82, 2.24) is 0 Å². The van der Waals surface area contributed by atoms with Crippen molar-refractivity contribution < 1.29 is 9.90 Å². The molecule has 0 bridgehead atoms. The van der Waals surface area contributed by atoms with Gasteiger partial charge in [-0.1, -0.05) is 60.7 Å². The number of aliphatic carboxylic acids is 1. The second kappa shape index (κ2) is 8.11. The summed E-state index contributed by atoms with van der Waals surface area (Å²) in [5.74, 6) is -0.742. The summed E-state index contributed by atoms with van der Waals surface area (Å²) in [7, 11) is 0. The first-order valence-electron chi connectivity index (χ1n) is 5.46. The van der Waals surface area contributed by atoms with Crippen LogP contribution in [0.1, 0.15) is 12.0 Å². The van der Waals surface area contributed by atoms with Crippen LogP contribution < -0.4 is 0 Å². The van der Waals surface area contributed by atoms with Gasteiger partial charge < -0.3 is 5.11 Å². The van der Waals surface area contributed by atoms with E-state index in [0.29, 0.717) is 6.42 Å². The van der Waals surface area contributed by atoms with Crippen molar-refractivity contribution in [2.24, 2.45) is 0 Å². The van der Waals surface area contributed by atoms with E-state index in [4.69, 9.17) is 5.11 Å². The monoisotopic (exact) mass is 227 g/mol. The average Bonchev–Trinajstić information content (AvgIpc) is 2.40. The Labute approximate surface area is 102 Å². The summed E-state index contributed by atoms with van der Waals surface area (Å²) in [6, 6.07) is 22.1. The predicted molar refractivity (Wildman–Crippen MR) is 67.7 cm³/mol. The van der Waals surface area contributed by atoms with Gasteiger partial charge in [-0.25, -0.2) is 0 Å². The second-order valence-electron chi connectivity index (χ2n) is 3.46. The first kappa shape index (κ1) is 13.0. The summed E-state index contributed by atoms with van der Waals surface area (Å²) in [4.78, 5) is 10.2. The van der Waals surface area contributed by atoms with Crippen molar-refractivity contribution in [3.8, 4) is 0 Å². The Balaban J connectivity index is 0.000000202. The van der Waals surface area contributed by atoms with Crippen LogP contribution in [0.4, 0.5) is 0 Å². The molecule has 0 fully saturated rings. The number of hydrogen-bond acceptors (Lipinski definition) is 1. The Kier molecular flexibility index (Phi) is 6.19. The van der Waals surface area contributed by atoms with Gasteiger partial charge in [0.2, 0.25) is 0 Å². The van der Waals surface area contributed by atoms with Crippen LogP contribution in [0.3, 0.4) is 0 Å². The number of carboxylic acid groups (broad SMARTS) is 1. The number of hydrogen-bond donors (Lipinski definition) is 1. The third-order valence-electron chi connectivity index (χ3n) is 2.08. The molecule has 0 aliphatic rings. The SMILES string of the molecule is O=C(O)CCc1ccccc1.[c]1ccccc1. The third-order valence-corrected chi connectivity index (χ3v) is 2.08. The van der Waals surface area contributed by atoms with Gasteiger partial charge in [-0.05, 0) is 18.1 Å². The van der Waals surface area contributed by atoms with Gasteiger partial charge in [0.25, 0.3) is 0 Å². The molecule has 0 amide bonds. The molecule has 0 aliphatic heterocycles. The van der Waals surface area contributed by atoms with Crippen molar-refractivity contribution >= 4 is 5.97 Å². The lowest BCUT2D eigenvalue weighted by molar-refractivity contribution is -0.136. The van der Waals surface area contributed by atoms with E-state index in [1.54, 1.807) is 0 Å². The zero-order valence-electron chi connectivity index (χ0n) is 9.54. The van der Waals surface area contributed by atoms with Crippen LogP contribution in [0, 0.1) is 6.07 Å². The number of rotatable bonds is 3. The third kappa shape index (κ3) is 6.90. The minimum atomic E-state index is -0.742. The first-order chi connectivity index (χ1) is 8.29. The average molecular weight is 227 g/mol. The minimum Gasteiger partial charge on any atom is -0.481 e. The van der Waals surface area contributed by atoms with Crippen LogP contribution in [0.2, 0.25) is 0 Å². The molecule has 0 saturated carbocycles. The summed E-state index contributed by atoms with van der Waals surface area (Å²) >= 11 is 0. The Morgan fingerprint density at radius 2 is 1.59 bits per heavy atom. The molecule has 0 unspecified atom stereocenters. The Morgan fingerprint density at radius 1 is 1.00 bits per heavy atom. The Morgan fingerprint density at radius 3 is 2.00 bits per heavy atom. The topological polar surface area (TPSA) is 37.3 Å². The van der Waals surface area contributed by atoms with E-state index in [2.05, 4.69) is 6.07 Å². The van der Waals surface area contributed by atoms with E-state index in [1.807, 2.05) is 60.7 Å². The normalized spacial score (nSPS) is 8.94. The van der Waals surface area contributed by atoms with E-state index >= 15 is 0 Å². The maximum absolute atomic E-state index is 10.2. The van der Waals surface area contributed by atoms with Gasteiger partial charge in [0.15, 0.2) is 0 Å². The molecular weight excluding hydrogens is 212 g/mol. The molecule has 2 aromatic rings. The van der Waals surface area contributed by atoms with Crippen LogP contribution in [-0.2, 0) is 11.2 Å². The van der Waals surface area contributed by atoms with Gasteiger partial charge in [-0.3, -0.25) is 4.79 Å². The van der Waals surface area contributed by atoms with Crippen LogP contribution >= 0.6 is 0 Å². The van der Waals surface area contributed by atoms with E-state index in [9.17, 15) is 4.79 Å². The zero-order valence-corrected chi connectivity index (χ0v) is 9.54. The summed E-state index contributed by atoms with van der Waals surface area (Å²) in [6.45, 7) is 0. The lowest BCUT2D eigenvalue weighted by atomic mass is 10.1. The number of benzene rings is 2. The maximum atomic E-state index is 10.2. The van der Waals surface area contributed by atoms with Crippen molar-refractivity contribution in [3.05, 3.63) is 72.3 Å². The molecular formula is C15H15O2. The fraction of sp³-hybridized carbons (Fsp3) is 0.133. The molecule has 2 rings (SSSR count). The molecule has 0 saturated heterocycles. The van der Waals surface area contributed by atoms with Crippen LogP contribution in [0.15, 0.2) is 60.7 Å². The van der Waals surface area contributed by atoms with E-state index in [-0.39, 0.29) is 6.42 Å². The van der Waals surface area contributed by atoms with Crippen LogP contribution in [-0.4, -0.2) is 11.1 Å². The second-order valence-corrected chi connectivity index (χ2v) is 3.46. The maximum Gasteiger partial charge on any atom is 0.303 e. The zero-order chi connectivity index (χ0) is 12.3. The minimum absolute atomic E-state index is 0.212. The van der Waals surface area contributed by atoms with E-state index in [1.165, 1.54) is 0 Å². The fourth-order valence-corrected chi connectivity index (χ4v) is 1.24. The summed E-state index contributed by atoms with van der Waals surface area (Å²) in [6.07, 6.45) is 0.834. The van der Waals surface area contributed by atoms with Gasteiger partial charge in [0, 0.05) is 6.42 Å². The lowest BCUT2D eigenvalue weighted by Gasteiger charge is -1.95. The summed E-state index contributed by atoms with van der Waals surface area (Å²) in [5.41, 5.74) is 1.08. The van der Waals surface area contributed by atoms with E-state index in [0.717, 1.165) is 5.56 Å². The summed E-state index contributed by atoms with van der Waals surface area (Å²) in [5, 5.41) is 8.37. The number of aryl methyl sites for hydroxylation is 1. The molecule has 0 spiro atoms. The summed E-state index contributed by atoms with van der Waals surface area (Å²) < 4.78 is 0.